The number of hydrogen-bond donors (Lipinski definition) is 2. The van der Waals surface area contributed by atoms with E-state index in [2.05, 4.69) is 4.99 Å². The molecule has 0 rings (SSSR count). The molecule has 0 amide bonds. The number of nitrogens with zero attached hydrogens (tertiary/aromatic N) is 1. The molecule has 0 aliphatic rings. The van der Waals surface area contributed by atoms with Crippen molar-refractivity contribution >= 4 is 5.96 Å². The van der Waals surface area contributed by atoms with Crippen molar-refractivity contribution in [3.63, 3.8) is 0 Å². The van der Waals surface area contributed by atoms with Crippen LogP contribution >= 0.6 is 0 Å². The standard InChI is InChI=1S/C2H6FN3/c3-1-6-2(4)5/h1H2,(H4,4,5,6). The third kappa shape index (κ3) is 3.20. The predicted molar refractivity (Wildman–Crippen MR) is 21.8 cm³/mol. The van der Waals surface area contributed by atoms with Crippen LogP contribution in [0.3, 0.4) is 0 Å². The highest BCUT2D eigenvalue weighted by Crippen LogP contribution is 1.63. The number of aliphatic imine (C=N–C) groups is 1. The van der Waals surface area contributed by atoms with Gasteiger partial charge in [-0.3, -0.25) is 0 Å². The van der Waals surface area contributed by atoms with Crippen molar-refractivity contribution in [3.8, 4) is 0 Å². The van der Waals surface area contributed by atoms with Crippen molar-refractivity contribution in [2.75, 3.05) is 6.80 Å². The summed E-state index contributed by atoms with van der Waals surface area (Å²) in [5.74, 6) is -0.211. The van der Waals surface area contributed by atoms with Gasteiger partial charge in [0, 0.05) is 0 Å². The van der Waals surface area contributed by atoms with E-state index in [4.69, 9.17) is 11.5 Å². The summed E-state index contributed by atoms with van der Waals surface area (Å²) in [6, 6.07) is 0. The van der Waals surface area contributed by atoms with Gasteiger partial charge in [0.05, 0.1) is 0 Å². The Labute approximate surface area is 34.8 Å². The smallest absolute Gasteiger partial charge is 0.188 e. The van der Waals surface area contributed by atoms with E-state index in [1.165, 1.54) is 0 Å². The van der Waals surface area contributed by atoms with E-state index in [9.17, 15) is 4.39 Å². The molecule has 0 radical (unpaired) electrons. The van der Waals surface area contributed by atoms with Crippen molar-refractivity contribution in [2.45, 2.75) is 0 Å². The fourth-order valence-corrected chi connectivity index (χ4v) is 0.0690. The lowest BCUT2D eigenvalue weighted by atomic mass is 11.1. The van der Waals surface area contributed by atoms with E-state index in [-0.39, 0.29) is 5.96 Å². The van der Waals surface area contributed by atoms with Crippen LogP contribution in [-0.2, 0) is 0 Å². The normalized spacial score (nSPS) is 7.50. The van der Waals surface area contributed by atoms with Gasteiger partial charge in [0.25, 0.3) is 0 Å². The van der Waals surface area contributed by atoms with Crippen LogP contribution in [0.15, 0.2) is 4.99 Å². The average molecular weight is 91.1 g/mol. The largest absolute Gasteiger partial charge is 0.370 e. The Bertz CT molecular complexity index is 55.8. The van der Waals surface area contributed by atoms with E-state index in [1.54, 1.807) is 0 Å². The minimum Gasteiger partial charge on any atom is -0.370 e. The summed E-state index contributed by atoms with van der Waals surface area (Å²) in [4.78, 5) is 2.93. The molecule has 0 aromatic carbocycles. The highest BCUT2D eigenvalue weighted by molar-refractivity contribution is 5.75. The first-order valence-corrected chi connectivity index (χ1v) is 1.38. The molecule has 0 saturated heterocycles. The van der Waals surface area contributed by atoms with Gasteiger partial charge in [-0.25, -0.2) is 9.38 Å². The van der Waals surface area contributed by atoms with Gasteiger partial charge < -0.3 is 11.5 Å². The third-order valence-electron chi connectivity index (χ3n) is 0.242. The molecule has 0 aliphatic carbocycles. The zero-order chi connectivity index (χ0) is 4.99. The van der Waals surface area contributed by atoms with E-state index < -0.39 is 6.80 Å². The van der Waals surface area contributed by atoms with Gasteiger partial charge in [0.2, 0.25) is 0 Å². The molecule has 0 aromatic rings. The summed E-state index contributed by atoms with van der Waals surface area (Å²) >= 11 is 0. The first-order valence-electron chi connectivity index (χ1n) is 1.38. The molecule has 0 aromatic heterocycles. The second-order valence-corrected chi connectivity index (χ2v) is 0.703. The van der Waals surface area contributed by atoms with Gasteiger partial charge in [0.15, 0.2) is 12.8 Å². The number of guanidine groups is 1. The van der Waals surface area contributed by atoms with E-state index >= 15 is 0 Å². The molecule has 4 heteroatoms. The lowest BCUT2D eigenvalue weighted by Gasteiger charge is -1.80. The highest BCUT2D eigenvalue weighted by Gasteiger charge is 1.70. The molecule has 0 aliphatic heterocycles. The lowest BCUT2D eigenvalue weighted by molar-refractivity contribution is 0.512. The summed E-state index contributed by atoms with van der Waals surface area (Å²) in [6.45, 7) is -0.831. The van der Waals surface area contributed by atoms with Gasteiger partial charge in [-0.1, -0.05) is 0 Å². The molecule has 0 spiro atoms. The van der Waals surface area contributed by atoms with Crippen LogP contribution < -0.4 is 11.5 Å². The van der Waals surface area contributed by atoms with Crippen LogP contribution in [0.1, 0.15) is 0 Å². The molecule has 0 atom stereocenters. The molecular weight excluding hydrogens is 85.0 g/mol. The van der Waals surface area contributed by atoms with Crippen molar-refractivity contribution in [2.24, 2.45) is 16.5 Å². The van der Waals surface area contributed by atoms with Crippen LogP contribution in [0, 0.1) is 0 Å². The molecule has 0 unspecified atom stereocenters. The minimum absolute atomic E-state index is 0.211. The summed E-state index contributed by atoms with van der Waals surface area (Å²) in [7, 11) is 0. The molecule has 6 heavy (non-hydrogen) atoms. The minimum atomic E-state index is -0.831. The number of nitrogens with two attached hydrogens (primary N) is 2. The molecule has 0 fully saturated rings. The Morgan fingerprint density at radius 1 is 1.67 bits per heavy atom. The molecule has 0 saturated carbocycles. The Kier molecular flexibility index (Phi) is 2.11. The third-order valence-corrected chi connectivity index (χ3v) is 0.242. The SMILES string of the molecule is NC(N)=NCF. The Morgan fingerprint density at radius 2 is 2.17 bits per heavy atom. The topological polar surface area (TPSA) is 64.4 Å². The monoisotopic (exact) mass is 91.1 g/mol. The van der Waals surface area contributed by atoms with E-state index in [0.717, 1.165) is 0 Å². The predicted octanol–water partition coefficient (Wildman–Crippen LogP) is -0.813. The lowest BCUT2D eigenvalue weighted by Crippen LogP contribution is -2.22. The van der Waals surface area contributed by atoms with Gasteiger partial charge in [-0.15, -0.1) is 0 Å². The first kappa shape index (κ1) is 5.20. The second kappa shape index (κ2) is 2.44. The Balaban J connectivity index is 3.14. The van der Waals surface area contributed by atoms with Gasteiger partial charge in [0.1, 0.15) is 0 Å². The van der Waals surface area contributed by atoms with Crippen LogP contribution in [0.2, 0.25) is 0 Å². The zero-order valence-corrected chi connectivity index (χ0v) is 3.19. The number of halogens is 1. The molecular formula is C2H6FN3. The summed E-state index contributed by atoms with van der Waals surface area (Å²) in [5, 5.41) is 0. The van der Waals surface area contributed by atoms with Crippen LogP contribution in [-0.4, -0.2) is 12.8 Å². The van der Waals surface area contributed by atoms with Crippen molar-refractivity contribution < 1.29 is 4.39 Å². The fourth-order valence-electron chi connectivity index (χ4n) is 0.0690. The summed E-state index contributed by atoms with van der Waals surface area (Å²) in [6.07, 6.45) is 0. The zero-order valence-electron chi connectivity index (χ0n) is 3.19. The molecule has 4 N–H and O–H groups in total. The molecule has 3 nitrogen and oxygen atoms in total. The average Bonchev–Trinajstić information content (AvgIpc) is 1.35. The summed E-state index contributed by atoms with van der Waals surface area (Å²) < 4.78 is 10.9. The molecule has 0 bridgehead atoms. The number of rotatable bonds is 1. The quantitative estimate of drug-likeness (QED) is 0.252. The number of alkyl halides is 1. The van der Waals surface area contributed by atoms with Gasteiger partial charge in [-0.05, 0) is 0 Å². The Hall–Kier alpha value is -0.800. The van der Waals surface area contributed by atoms with Gasteiger partial charge in [-0.2, -0.15) is 0 Å². The van der Waals surface area contributed by atoms with Crippen molar-refractivity contribution in [1.82, 2.24) is 0 Å². The highest BCUT2D eigenvalue weighted by atomic mass is 19.1. The summed E-state index contributed by atoms with van der Waals surface area (Å²) in [5.41, 5.74) is 9.38. The van der Waals surface area contributed by atoms with Crippen LogP contribution in [0.5, 0.6) is 0 Å². The maximum atomic E-state index is 10.9. The maximum Gasteiger partial charge on any atom is 0.188 e. The molecule has 36 valence electrons. The Morgan fingerprint density at radius 3 is 2.17 bits per heavy atom. The van der Waals surface area contributed by atoms with Crippen LogP contribution in [0.25, 0.3) is 0 Å². The molecule has 0 heterocycles. The van der Waals surface area contributed by atoms with E-state index in [1.807, 2.05) is 0 Å². The van der Waals surface area contributed by atoms with Gasteiger partial charge >= 0.3 is 0 Å². The van der Waals surface area contributed by atoms with E-state index in [0.29, 0.717) is 0 Å². The van der Waals surface area contributed by atoms with Crippen molar-refractivity contribution in [3.05, 3.63) is 0 Å². The second-order valence-electron chi connectivity index (χ2n) is 0.703. The maximum absolute atomic E-state index is 10.9. The van der Waals surface area contributed by atoms with Crippen LogP contribution in [0.4, 0.5) is 4.39 Å². The first-order chi connectivity index (χ1) is 2.77. The number of hydrogen-bond acceptors (Lipinski definition) is 1. The fraction of sp³-hybridized carbons (Fsp3) is 0.500. The van der Waals surface area contributed by atoms with Crippen molar-refractivity contribution in [1.29, 1.82) is 0 Å².